The molecular weight excluding hydrogens is 434 g/mol. The smallest absolute Gasteiger partial charge is 0.300 e. The molecule has 1 aliphatic heterocycles. The van der Waals surface area contributed by atoms with Crippen molar-refractivity contribution in [3.05, 3.63) is 83.3 Å². The van der Waals surface area contributed by atoms with Crippen molar-refractivity contribution in [1.29, 1.82) is 0 Å². The van der Waals surface area contributed by atoms with Gasteiger partial charge in [-0.1, -0.05) is 39.0 Å². The summed E-state index contributed by atoms with van der Waals surface area (Å²) in [4.78, 5) is 28.0. The Kier molecular flexibility index (Phi) is 5.96. The largest absolute Gasteiger partial charge is 0.507 e. The number of rotatable bonds is 5. The monoisotopic (exact) mass is 461 g/mol. The number of para-hydroxylation sites is 2. The van der Waals surface area contributed by atoms with E-state index in [1.165, 1.54) is 25.4 Å². The highest BCUT2D eigenvalue weighted by molar-refractivity contribution is 6.51. The maximum atomic E-state index is 13.4. The summed E-state index contributed by atoms with van der Waals surface area (Å²) in [6.07, 6.45) is 1.46. The van der Waals surface area contributed by atoms with Gasteiger partial charge in [-0.2, -0.15) is 0 Å². The summed E-state index contributed by atoms with van der Waals surface area (Å²) < 4.78 is 16.6. The minimum Gasteiger partial charge on any atom is -0.507 e. The normalized spacial score (nSPS) is 17.8. The van der Waals surface area contributed by atoms with E-state index in [1.807, 2.05) is 26.8 Å². The Hall–Kier alpha value is -4.00. The maximum Gasteiger partial charge on any atom is 0.300 e. The summed E-state index contributed by atoms with van der Waals surface area (Å²) in [5, 5.41) is 11.5. The van der Waals surface area contributed by atoms with Crippen molar-refractivity contribution in [2.24, 2.45) is 0 Å². The van der Waals surface area contributed by atoms with Crippen LogP contribution in [0.25, 0.3) is 5.76 Å². The third-order valence-electron chi connectivity index (χ3n) is 5.92. The molecule has 3 aromatic rings. The number of ether oxygens (including phenoxy) is 2. The number of nitrogens with zero attached hydrogens (tertiary/aromatic N) is 1. The Labute approximate surface area is 198 Å². The third-order valence-corrected chi connectivity index (χ3v) is 5.92. The second-order valence-electron chi connectivity index (χ2n) is 9.02. The zero-order chi connectivity index (χ0) is 24.6. The standard InChI is InChI=1S/C27H27NO6/c1-27(2,3)16-12-13-19(32-4)17(15-16)24(29)22-23(21-11-8-14-34-21)28(26(31)25(22)30)18-9-6-7-10-20(18)33-5/h6-15,23,29H,1-5H3/b24-22+. The van der Waals surface area contributed by atoms with Crippen molar-refractivity contribution in [3.63, 3.8) is 0 Å². The van der Waals surface area contributed by atoms with Crippen LogP contribution < -0.4 is 14.4 Å². The molecule has 1 N–H and O–H groups in total. The first-order valence-electron chi connectivity index (χ1n) is 10.8. The lowest BCUT2D eigenvalue weighted by Gasteiger charge is -2.25. The van der Waals surface area contributed by atoms with Crippen LogP contribution >= 0.6 is 0 Å². The minimum atomic E-state index is -0.991. The molecule has 176 valence electrons. The molecule has 2 aromatic carbocycles. The molecule has 0 spiro atoms. The van der Waals surface area contributed by atoms with Gasteiger partial charge in [0.2, 0.25) is 0 Å². The summed E-state index contributed by atoms with van der Waals surface area (Å²) in [6.45, 7) is 6.13. The first-order valence-corrected chi connectivity index (χ1v) is 10.8. The number of aliphatic hydroxyl groups is 1. The molecule has 4 rings (SSSR count). The Morgan fingerprint density at radius 3 is 2.29 bits per heavy atom. The van der Waals surface area contributed by atoms with Gasteiger partial charge in [0.05, 0.1) is 37.3 Å². The Morgan fingerprint density at radius 1 is 0.971 bits per heavy atom. The van der Waals surface area contributed by atoms with Gasteiger partial charge in [0.15, 0.2) is 0 Å². The predicted octanol–water partition coefficient (Wildman–Crippen LogP) is 5.22. The fourth-order valence-corrected chi connectivity index (χ4v) is 4.13. The molecule has 1 fully saturated rings. The van der Waals surface area contributed by atoms with Crippen molar-refractivity contribution in [3.8, 4) is 11.5 Å². The Bertz CT molecular complexity index is 1270. The fraction of sp³-hybridized carbons (Fsp3) is 0.259. The van der Waals surface area contributed by atoms with E-state index in [1.54, 1.807) is 48.5 Å². The number of ketones is 1. The van der Waals surface area contributed by atoms with E-state index in [2.05, 4.69) is 0 Å². The molecular formula is C27H27NO6. The number of amides is 1. The van der Waals surface area contributed by atoms with Crippen LogP contribution in [-0.4, -0.2) is 31.0 Å². The summed E-state index contributed by atoms with van der Waals surface area (Å²) in [7, 11) is 2.97. The molecule has 1 amide bonds. The SMILES string of the molecule is COc1ccc(C(C)(C)C)cc1/C(O)=C1\C(=O)C(=O)N(c2ccccc2OC)C1c1ccco1. The average molecular weight is 462 g/mol. The molecule has 1 saturated heterocycles. The average Bonchev–Trinajstić information content (AvgIpc) is 3.44. The number of Topliss-reactive ketones (excluding diaryl/α,β-unsaturated/α-hetero) is 1. The van der Waals surface area contributed by atoms with Crippen molar-refractivity contribution >= 4 is 23.1 Å². The number of carbonyl (C=O) groups is 2. The number of carbonyl (C=O) groups excluding carboxylic acids is 2. The molecule has 1 atom stereocenters. The molecule has 34 heavy (non-hydrogen) atoms. The summed E-state index contributed by atoms with van der Waals surface area (Å²) in [6, 6.07) is 14.7. The first kappa shape index (κ1) is 23.2. The number of hydrogen-bond acceptors (Lipinski definition) is 6. The van der Waals surface area contributed by atoms with Crippen LogP contribution in [0, 0.1) is 0 Å². The highest BCUT2D eigenvalue weighted by atomic mass is 16.5. The molecule has 0 saturated carbocycles. The molecule has 7 heteroatoms. The molecule has 1 aliphatic rings. The first-order chi connectivity index (χ1) is 16.2. The Morgan fingerprint density at radius 2 is 1.68 bits per heavy atom. The number of furan rings is 1. The number of methoxy groups -OCH3 is 2. The van der Waals surface area contributed by atoms with Gasteiger partial charge in [0, 0.05) is 0 Å². The van der Waals surface area contributed by atoms with Crippen LogP contribution in [0.15, 0.2) is 70.9 Å². The van der Waals surface area contributed by atoms with Gasteiger partial charge in [0.1, 0.15) is 29.1 Å². The van der Waals surface area contributed by atoms with Gasteiger partial charge in [-0.25, -0.2) is 0 Å². The van der Waals surface area contributed by atoms with Gasteiger partial charge in [-0.05, 0) is 47.4 Å². The van der Waals surface area contributed by atoms with Crippen molar-refractivity contribution < 1.29 is 28.6 Å². The maximum absolute atomic E-state index is 13.4. The number of anilines is 1. The number of benzene rings is 2. The summed E-state index contributed by atoms with van der Waals surface area (Å²) in [5.41, 5.74) is 1.34. The van der Waals surface area contributed by atoms with Crippen LogP contribution in [0.3, 0.4) is 0 Å². The van der Waals surface area contributed by atoms with Gasteiger partial charge in [0.25, 0.3) is 11.7 Å². The topological polar surface area (TPSA) is 89.2 Å². The zero-order valence-corrected chi connectivity index (χ0v) is 19.8. The van der Waals surface area contributed by atoms with Crippen molar-refractivity contribution in [1.82, 2.24) is 0 Å². The summed E-state index contributed by atoms with van der Waals surface area (Å²) in [5.74, 6) is -0.829. The van der Waals surface area contributed by atoms with Crippen LogP contribution in [0.4, 0.5) is 5.69 Å². The fourth-order valence-electron chi connectivity index (χ4n) is 4.13. The molecule has 1 aromatic heterocycles. The van der Waals surface area contributed by atoms with Crippen molar-refractivity contribution in [2.45, 2.75) is 32.2 Å². The molecule has 0 radical (unpaired) electrons. The predicted molar refractivity (Wildman–Crippen MR) is 128 cm³/mol. The van der Waals surface area contributed by atoms with E-state index < -0.39 is 17.7 Å². The highest BCUT2D eigenvalue weighted by Crippen LogP contribution is 2.46. The van der Waals surface area contributed by atoms with E-state index >= 15 is 0 Å². The molecule has 2 heterocycles. The summed E-state index contributed by atoms with van der Waals surface area (Å²) >= 11 is 0. The lowest BCUT2D eigenvalue weighted by molar-refractivity contribution is -0.132. The van der Waals surface area contributed by atoms with E-state index in [9.17, 15) is 14.7 Å². The zero-order valence-electron chi connectivity index (χ0n) is 19.8. The lowest BCUT2D eigenvalue weighted by Crippen LogP contribution is -2.29. The minimum absolute atomic E-state index is 0.0878. The van der Waals surface area contributed by atoms with Gasteiger partial charge in [-0.15, -0.1) is 0 Å². The van der Waals surface area contributed by atoms with Gasteiger partial charge in [-0.3, -0.25) is 14.5 Å². The lowest BCUT2D eigenvalue weighted by atomic mass is 9.85. The number of hydrogen-bond donors (Lipinski definition) is 1. The van der Waals surface area contributed by atoms with Crippen LogP contribution in [0.2, 0.25) is 0 Å². The van der Waals surface area contributed by atoms with Crippen molar-refractivity contribution in [2.75, 3.05) is 19.1 Å². The third kappa shape index (κ3) is 3.83. The van der Waals surface area contributed by atoms with Gasteiger partial charge >= 0.3 is 0 Å². The van der Waals surface area contributed by atoms with Crippen LogP contribution in [0.5, 0.6) is 11.5 Å². The van der Waals surface area contributed by atoms with Gasteiger partial charge < -0.3 is 19.0 Å². The molecule has 0 aliphatic carbocycles. The quantitative estimate of drug-likeness (QED) is 0.318. The second-order valence-corrected chi connectivity index (χ2v) is 9.02. The van der Waals surface area contributed by atoms with E-state index in [-0.39, 0.29) is 16.7 Å². The molecule has 7 nitrogen and oxygen atoms in total. The second kappa shape index (κ2) is 8.74. The number of aliphatic hydroxyl groups excluding tert-OH is 1. The van der Waals surface area contributed by atoms with E-state index in [4.69, 9.17) is 13.9 Å². The van der Waals surface area contributed by atoms with E-state index in [0.717, 1.165) is 5.56 Å². The molecule has 1 unspecified atom stereocenters. The highest BCUT2D eigenvalue weighted by Gasteiger charge is 2.49. The molecule has 0 bridgehead atoms. The van der Waals surface area contributed by atoms with Crippen LogP contribution in [-0.2, 0) is 15.0 Å². The van der Waals surface area contributed by atoms with Crippen LogP contribution in [0.1, 0.15) is 43.7 Å². The van der Waals surface area contributed by atoms with E-state index in [0.29, 0.717) is 28.5 Å². The Balaban J connectivity index is 1.99.